The second-order valence-corrected chi connectivity index (χ2v) is 7.04. The summed E-state index contributed by atoms with van der Waals surface area (Å²) in [6.07, 6.45) is 6.72. The Kier molecular flexibility index (Phi) is 3.52. The highest BCUT2D eigenvalue weighted by Gasteiger charge is 2.25. The normalized spacial score (nSPS) is 23.2. The van der Waals surface area contributed by atoms with E-state index in [2.05, 4.69) is 20.6 Å². The maximum absolute atomic E-state index is 10.5. The van der Waals surface area contributed by atoms with Crippen LogP contribution in [0.3, 0.4) is 0 Å². The molecule has 3 N–H and O–H groups in total. The van der Waals surface area contributed by atoms with E-state index in [9.17, 15) is 5.11 Å². The van der Waals surface area contributed by atoms with Crippen LogP contribution in [-0.4, -0.2) is 34.4 Å². The molecule has 112 valence electrons. The molecule has 5 nitrogen and oxygen atoms in total. The molecule has 2 atom stereocenters. The van der Waals surface area contributed by atoms with Gasteiger partial charge in [0.1, 0.15) is 23.2 Å². The van der Waals surface area contributed by atoms with E-state index < -0.39 is 6.23 Å². The molecule has 0 amide bonds. The van der Waals surface area contributed by atoms with Gasteiger partial charge in [0.2, 0.25) is 0 Å². The molecule has 2 unspecified atom stereocenters. The van der Waals surface area contributed by atoms with Crippen LogP contribution in [0.5, 0.6) is 0 Å². The monoisotopic (exact) mass is 304 g/mol. The van der Waals surface area contributed by atoms with E-state index in [0.29, 0.717) is 0 Å². The fraction of sp³-hybridized carbons (Fsp3) is 0.600. The summed E-state index contributed by atoms with van der Waals surface area (Å²) in [5.41, 5.74) is 1.40. The van der Waals surface area contributed by atoms with E-state index in [-0.39, 0.29) is 5.92 Å². The van der Waals surface area contributed by atoms with E-state index in [1.165, 1.54) is 16.9 Å². The smallest absolute Gasteiger partial charge is 0.140 e. The Morgan fingerprint density at radius 3 is 3.14 bits per heavy atom. The second-order valence-electron chi connectivity index (χ2n) is 5.96. The third-order valence-electron chi connectivity index (χ3n) is 4.57. The zero-order valence-electron chi connectivity index (χ0n) is 11.9. The fourth-order valence-electron chi connectivity index (χ4n) is 3.44. The van der Waals surface area contributed by atoms with Gasteiger partial charge in [-0.05, 0) is 44.2 Å². The molecule has 4 rings (SSSR count). The van der Waals surface area contributed by atoms with Gasteiger partial charge in [0, 0.05) is 17.3 Å². The van der Waals surface area contributed by atoms with Gasteiger partial charge in [-0.1, -0.05) is 0 Å². The van der Waals surface area contributed by atoms with Gasteiger partial charge in [-0.25, -0.2) is 9.97 Å². The van der Waals surface area contributed by atoms with Crippen molar-refractivity contribution in [2.24, 2.45) is 5.92 Å². The molecule has 3 heterocycles. The lowest BCUT2D eigenvalue weighted by molar-refractivity contribution is 0.116. The summed E-state index contributed by atoms with van der Waals surface area (Å²) < 4.78 is 0. The number of rotatable bonds is 3. The lowest BCUT2D eigenvalue weighted by atomic mass is 9.98. The third-order valence-corrected chi connectivity index (χ3v) is 5.77. The summed E-state index contributed by atoms with van der Waals surface area (Å²) in [6.45, 7) is 1.92. The summed E-state index contributed by atoms with van der Waals surface area (Å²) in [4.78, 5) is 11.3. The molecule has 0 aromatic carbocycles. The number of piperidine rings is 1. The van der Waals surface area contributed by atoms with E-state index in [4.69, 9.17) is 0 Å². The van der Waals surface area contributed by atoms with Crippen LogP contribution in [0.25, 0.3) is 10.2 Å². The van der Waals surface area contributed by atoms with Crippen LogP contribution >= 0.6 is 11.3 Å². The lowest BCUT2D eigenvalue weighted by Gasteiger charge is -2.28. The summed E-state index contributed by atoms with van der Waals surface area (Å²) in [6, 6.07) is 0. The van der Waals surface area contributed by atoms with Crippen molar-refractivity contribution in [3.8, 4) is 0 Å². The minimum Gasteiger partial charge on any atom is -0.373 e. The number of thiophene rings is 1. The molecule has 0 bridgehead atoms. The fourth-order valence-corrected chi connectivity index (χ4v) is 4.67. The molecular formula is C15H20N4OS. The first-order valence-corrected chi connectivity index (χ1v) is 8.55. The highest BCUT2D eigenvalue weighted by atomic mass is 32.1. The Morgan fingerprint density at radius 1 is 1.33 bits per heavy atom. The van der Waals surface area contributed by atoms with Crippen LogP contribution in [0.4, 0.5) is 5.82 Å². The molecule has 0 spiro atoms. The van der Waals surface area contributed by atoms with Crippen molar-refractivity contribution in [2.75, 3.05) is 18.4 Å². The standard InChI is InChI=1S/C15H20N4OS/c20-14(9-3-2-6-16-7-9)19-13-12-10-4-1-5-11(10)21-15(12)18-8-17-13/h8-9,14,16,20H,1-7H2,(H,17,18,19). The molecule has 1 fully saturated rings. The van der Waals surface area contributed by atoms with E-state index >= 15 is 0 Å². The van der Waals surface area contributed by atoms with Crippen molar-refractivity contribution in [2.45, 2.75) is 38.3 Å². The molecule has 21 heavy (non-hydrogen) atoms. The van der Waals surface area contributed by atoms with Gasteiger partial charge in [0.05, 0.1) is 5.39 Å². The summed E-state index contributed by atoms with van der Waals surface area (Å²) in [5, 5.41) is 18.2. The second kappa shape index (κ2) is 5.51. The molecular weight excluding hydrogens is 284 g/mol. The van der Waals surface area contributed by atoms with Crippen LogP contribution in [0.1, 0.15) is 29.7 Å². The van der Waals surface area contributed by atoms with Crippen LogP contribution in [0, 0.1) is 5.92 Å². The summed E-state index contributed by atoms with van der Waals surface area (Å²) in [5.74, 6) is 1.05. The number of aliphatic hydroxyl groups is 1. The number of hydrogen-bond donors (Lipinski definition) is 3. The maximum Gasteiger partial charge on any atom is 0.140 e. The number of anilines is 1. The summed E-state index contributed by atoms with van der Waals surface area (Å²) in [7, 11) is 0. The zero-order chi connectivity index (χ0) is 14.2. The lowest BCUT2D eigenvalue weighted by Crippen LogP contribution is -2.40. The van der Waals surface area contributed by atoms with Crippen molar-refractivity contribution in [1.29, 1.82) is 0 Å². The molecule has 2 aliphatic rings. The van der Waals surface area contributed by atoms with Crippen molar-refractivity contribution in [3.05, 3.63) is 16.8 Å². The molecule has 6 heteroatoms. The molecule has 2 aromatic heterocycles. The SMILES string of the molecule is OC(Nc1ncnc2sc3c(c12)CCC3)C1CCCNC1. The Hall–Kier alpha value is -1.24. The molecule has 0 saturated carbocycles. The predicted molar refractivity (Wildman–Crippen MR) is 84.7 cm³/mol. The van der Waals surface area contributed by atoms with Gasteiger partial charge in [-0.3, -0.25) is 0 Å². The Balaban J connectivity index is 1.64. The number of hydrogen-bond acceptors (Lipinski definition) is 6. The molecule has 0 radical (unpaired) electrons. The Morgan fingerprint density at radius 2 is 2.29 bits per heavy atom. The first kappa shape index (κ1) is 13.4. The van der Waals surface area contributed by atoms with Gasteiger partial charge in [-0.15, -0.1) is 11.3 Å². The zero-order valence-corrected chi connectivity index (χ0v) is 12.7. The molecule has 2 aromatic rings. The van der Waals surface area contributed by atoms with Crippen molar-refractivity contribution >= 4 is 27.4 Å². The Labute approximate surface area is 127 Å². The quantitative estimate of drug-likeness (QED) is 0.756. The van der Waals surface area contributed by atoms with Gasteiger partial charge in [0.15, 0.2) is 0 Å². The number of aromatic nitrogens is 2. The van der Waals surface area contributed by atoms with Gasteiger partial charge >= 0.3 is 0 Å². The van der Waals surface area contributed by atoms with Crippen LogP contribution < -0.4 is 10.6 Å². The van der Waals surface area contributed by atoms with E-state index in [1.54, 1.807) is 17.7 Å². The third kappa shape index (κ3) is 2.41. The first-order valence-electron chi connectivity index (χ1n) is 7.73. The van der Waals surface area contributed by atoms with E-state index in [0.717, 1.165) is 54.8 Å². The largest absolute Gasteiger partial charge is 0.373 e. The van der Waals surface area contributed by atoms with Gasteiger partial charge in [0.25, 0.3) is 0 Å². The minimum absolute atomic E-state index is 0.246. The number of nitrogens with zero attached hydrogens (tertiary/aromatic N) is 2. The van der Waals surface area contributed by atoms with Gasteiger partial charge < -0.3 is 15.7 Å². The number of nitrogens with one attached hydrogen (secondary N) is 2. The summed E-state index contributed by atoms with van der Waals surface area (Å²) >= 11 is 1.78. The number of aryl methyl sites for hydroxylation is 2. The highest BCUT2D eigenvalue weighted by Crippen LogP contribution is 2.39. The van der Waals surface area contributed by atoms with Crippen LogP contribution in [0.15, 0.2) is 6.33 Å². The average Bonchev–Trinajstić information content (AvgIpc) is 3.09. The molecule has 1 aliphatic heterocycles. The molecule has 1 aliphatic carbocycles. The predicted octanol–water partition coefficient (Wildman–Crippen LogP) is 1.91. The number of aliphatic hydroxyl groups excluding tert-OH is 1. The first-order chi connectivity index (χ1) is 10.3. The van der Waals surface area contributed by atoms with Crippen molar-refractivity contribution in [3.63, 3.8) is 0 Å². The minimum atomic E-state index is -0.548. The average molecular weight is 304 g/mol. The van der Waals surface area contributed by atoms with Gasteiger partial charge in [-0.2, -0.15) is 0 Å². The van der Waals surface area contributed by atoms with Crippen molar-refractivity contribution < 1.29 is 5.11 Å². The maximum atomic E-state index is 10.5. The Bertz CT molecular complexity index is 650. The topological polar surface area (TPSA) is 70.1 Å². The van der Waals surface area contributed by atoms with Crippen LogP contribution in [-0.2, 0) is 12.8 Å². The van der Waals surface area contributed by atoms with Crippen molar-refractivity contribution in [1.82, 2.24) is 15.3 Å². The van der Waals surface area contributed by atoms with E-state index in [1.807, 2.05) is 0 Å². The highest BCUT2D eigenvalue weighted by molar-refractivity contribution is 7.19. The molecule has 1 saturated heterocycles. The number of fused-ring (bicyclic) bond motifs is 3. The van der Waals surface area contributed by atoms with Crippen LogP contribution in [0.2, 0.25) is 0 Å².